The molecule has 3 atom stereocenters. The summed E-state index contributed by atoms with van der Waals surface area (Å²) in [6.45, 7) is 0.999. The zero-order valence-corrected chi connectivity index (χ0v) is 13.8. The summed E-state index contributed by atoms with van der Waals surface area (Å²) < 4.78 is 22.1. The predicted molar refractivity (Wildman–Crippen MR) is 83.8 cm³/mol. The molecule has 2 bridgehead atoms. The van der Waals surface area contributed by atoms with Crippen LogP contribution in [0.15, 0.2) is 0 Å². The van der Waals surface area contributed by atoms with Crippen LogP contribution in [0.4, 0.5) is 0 Å². The van der Waals surface area contributed by atoms with E-state index in [2.05, 4.69) is 16.6 Å². The Hall–Kier alpha value is -0.700. The van der Waals surface area contributed by atoms with Crippen LogP contribution in [0.2, 0.25) is 0 Å². The summed E-state index contributed by atoms with van der Waals surface area (Å²) in [5, 5.41) is 13.1. The topological polar surface area (TPSA) is 113 Å². The molecule has 1 radical (unpaired) electrons. The normalized spacial score (nSPS) is 30.4. The van der Waals surface area contributed by atoms with E-state index in [0.29, 0.717) is 26.1 Å². The van der Waals surface area contributed by atoms with Crippen LogP contribution in [0.3, 0.4) is 0 Å². The highest BCUT2D eigenvalue weighted by Crippen LogP contribution is 2.43. The average Bonchev–Trinajstić information content (AvgIpc) is 2.62. The number of aliphatic hydroxyl groups excluding tert-OH is 1. The number of rotatable bonds is 8. The van der Waals surface area contributed by atoms with Gasteiger partial charge in [0.15, 0.2) is 0 Å². The highest BCUT2D eigenvalue weighted by molar-refractivity contribution is 7.90. The molecule has 0 aromatic rings. The lowest BCUT2D eigenvalue weighted by atomic mass is 9.87. The van der Waals surface area contributed by atoms with Gasteiger partial charge in [-0.3, -0.25) is 9.69 Å². The standard InChI is InChI=1S/C14H26N3O4S/c1-22(20,21)8-7-16-9-12(18)10-17-11-3-2-5-14(17,6-4-11)13(15)19/h2,11-12,16,18H,3-10H2,1H3,(H2,15,19)/t11-,12?,14+/m1/s1. The third-order valence-electron chi connectivity index (χ3n) is 4.70. The molecule has 1 unspecified atom stereocenters. The van der Waals surface area contributed by atoms with E-state index in [1.165, 1.54) is 6.26 Å². The van der Waals surface area contributed by atoms with Crippen molar-refractivity contribution in [2.75, 3.05) is 31.6 Å². The van der Waals surface area contributed by atoms with Gasteiger partial charge in [-0.15, -0.1) is 0 Å². The molecule has 0 aliphatic carbocycles. The Labute approximate surface area is 132 Å². The summed E-state index contributed by atoms with van der Waals surface area (Å²) in [4.78, 5) is 13.9. The van der Waals surface area contributed by atoms with Crippen LogP contribution in [0, 0.1) is 6.42 Å². The van der Waals surface area contributed by atoms with Crippen molar-refractivity contribution in [3.63, 3.8) is 0 Å². The third-order valence-corrected chi connectivity index (χ3v) is 5.64. The molecule has 8 heteroatoms. The summed E-state index contributed by atoms with van der Waals surface area (Å²) in [5.74, 6) is -0.269. The molecule has 2 heterocycles. The number of sulfone groups is 1. The summed E-state index contributed by atoms with van der Waals surface area (Å²) in [6, 6.07) is 0.270. The Morgan fingerprint density at radius 3 is 2.95 bits per heavy atom. The van der Waals surface area contributed by atoms with E-state index in [4.69, 9.17) is 5.73 Å². The second-order valence-corrected chi connectivity index (χ2v) is 8.72. The fourth-order valence-corrected chi connectivity index (χ4v) is 4.06. The largest absolute Gasteiger partial charge is 0.390 e. The van der Waals surface area contributed by atoms with E-state index in [0.717, 1.165) is 19.3 Å². The Morgan fingerprint density at radius 1 is 1.59 bits per heavy atom. The molecule has 2 fully saturated rings. The van der Waals surface area contributed by atoms with Crippen molar-refractivity contribution in [1.82, 2.24) is 10.2 Å². The molecular weight excluding hydrogens is 306 g/mol. The van der Waals surface area contributed by atoms with Crippen LogP contribution in [0.25, 0.3) is 0 Å². The van der Waals surface area contributed by atoms with E-state index >= 15 is 0 Å². The predicted octanol–water partition coefficient (Wildman–Crippen LogP) is -1.33. The van der Waals surface area contributed by atoms with Gasteiger partial charge in [0, 0.05) is 31.9 Å². The first-order valence-electron chi connectivity index (χ1n) is 7.69. The number of hydrogen-bond donors (Lipinski definition) is 3. The Bertz CT molecular complexity index is 506. The number of nitrogens with two attached hydrogens (primary N) is 1. The summed E-state index contributed by atoms with van der Waals surface area (Å²) in [7, 11) is -3.00. The Balaban J connectivity index is 1.85. The first-order chi connectivity index (χ1) is 10.2. The molecule has 0 aromatic heterocycles. The molecule has 0 aromatic carbocycles. The van der Waals surface area contributed by atoms with Gasteiger partial charge in [0.2, 0.25) is 5.91 Å². The van der Waals surface area contributed by atoms with Crippen molar-refractivity contribution in [2.45, 2.75) is 43.4 Å². The molecule has 4 N–H and O–H groups in total. The lowest BCUT2D eigenvalue weighted by molar-refractivity contribution is -0.131. The quantitative estimate of drug-likeness (QED) is 0.475. The van der Waals surface area contributed by atoms with E-state index in [1.807, 2.05) is 0 Å². The van der Waals surface area contributed by atoms with Crippen LogP contribution in [-0.4, -0.2) is 73.7 Å². The van der Waals surface area contributed by atoms with Crippen molar-refractivity contribution in [2.24, 2.45) is 5.73 Å². The number of nitrogens with zero attached hydrogens (tertiary/aromatic N) is 1. The maximum absolute atomic E-state index is 11.9. The second-order valence-electron chi connectivity index (χ2n) is 6.46. The van der Waals surface area contributed by atoms with Gasteiger partial charge in [0.25, 0.3) is 0 Å². The molecule has 0 saturated carbocycles. The number of amides is 1. The van der Waals surface area contributed by atoms with Gasteiger partial charge < -0.3 is 16.2 Å². The highest BCUT2D eigenvalue weighted by Gasteiger charge is 2.52. The van der Waals surface area contributed by atoms with Crippen LogP contribution >= 0.6 is 0 Å². The van der Waals surface area contributed by atoms with Crippen LogP contribution in [-0.2, 0) is 14.6 Å². The number of piperidine rings is 1. The minimum Gasteiger partial charge on any atom is -0.390 e. The Kier molecular flexibility index (Phi) is 5.47. The zero-order valence-electron chi connectivity index (χ0n) is 13.0. The number of β-amino-alcohol motifs (C(OH)–C–C–N with tert-alkyl or cyclic N) is 1. The number of aliphatic hydroxyl groups is 1. The first kappa shape index (κ1) is 17.7. The first-order valence-corrected chi connectivity index (χ1v) is 9.75. The van der Waals surface area contributed by atoms with Crippen molar-refractivity contribution in [3.05, 3.63) is 6.42 Å². The molecule has 22 heavy (non-hydrogen) atoms. The fraction of sp³-hybridized carbons (Fsp3) is 0.857. The molecule has 127 valence electrons. The van der Waals surface area contributed by atoms with Crippen LogP contribution in [0.1, 0.15) is 25.7 Å². The van der Waals surface area contributed by atoms with E-state index in [1.54, 1.807) is 0 Å². The van der Waals surface area contributed by atoms with Gasteiger partial charge in [-0.05, 0) is 32.1 Å². The molecule has 2 aliphatic heterocycles. The van der Waals surface area contributed by atoms with E-state index in [-0.39, 0.29) is 17.7 Å². The Morgan fingerprint density at radius 2 is 2.32 bits per heavy atom. The summed E-state index contributed by atoms with van der Waals surface area (Å²) in [6.07, 6.45) is 5.89. The number of nitrogens with one attached hydrogen (secondary N) is 1. The SMILES string of the molecule is CS(=O)(=O)CCNCC(O)CN1[C@@H]2C[CH]C[C@@]1(C(N)=O)CC2. The number of hydrogen-bond acceptors (Lipinski definition) is 6. The maximum atomic E-state index is 11.9. The van der Waals surface area contributed by atoms with E-state index < -0.39 is 21.5 Å². The van der Waals surface area contributed by atoms with Gasteiger partial charge in [0.05, 0.1) is 11.9 Å². The van der Waals surface area contributed by atoms with Crippen molar-refractivity contribution >= 4 is 15.7 Å². The minimum atomic E-state index is -3.00. The van der Waals surface area contributed by atoms with Crippen LogP contribution < -0.4 is 11.1 Å². The van der Waals surface area contributed by atoms with Gasteiger partial charge in [0.1, 0.15) is 15.4 Å². The van der Waals surface area contributed by atoms with Gasteiger partial charge >= 0.3 is 0 Å². The van der Waals surface area contributed by atoms with Crippen LogP contribution in [0.5, 0.6) is 0 Å². The highest BCUT2D eigenvalue weighted by atomic mass is 32.2. The van der Waals surface area contributed by atoms with Crippen molar-refractivity contribution in [3.8, 4) is 0 Å². The third kappa shape index (κ3) is 3.98. The molecule has 2 saturated heterocycles. The average molecular weight is 332 g/mol. The van der Waals surface area contributed by atoms with Crippen molar-refractivity contribution < 1.29 is 18.3 Å². The van der Waals surface area contributed by atoms with Gasteiger partial charge in [-0.25, -0.2) is 8.42 Å². The number of fused-ring (bicyclic) bond motifs is 2. The second kappa shape index (κ2) is 6.82. The maximum Gasteiger partial charge on any atom is 0.237 e. The molecular formula is C14H26N3O4S. The molecule has 0 spiro atoms. The molecule has 1 amide bonds. The van der Waals surface area contributed by atoms with Gasteiger partial charge in [-0.2, -0.15) is 0 Å². The minimum absolute atomic E-state index is 0.0479. The lowest BCUT2D eigenvalue weighted by Crippen LogP contribution is -2.60. The fourth-order valence-electron chi connectivity index (χ4n) is 3.54. The molecule has 2 rings (SSSR count). The van der Waals surface area contributed by atoms with Gasteiger partial charge in [-0.1, -0.05) is 0 Å². The number of primary amides is 1. The molecule has 7 nitrogen and oxygen atoms in total. The number of carbonyl (C=O) groups is 1. The smallest absolute Gasteiger partial charge is 0.237 e. The summed E-state index contributed by atoms with van der Waals surface area (Å²) in [5.41, 5.74) is 4.97. The monoisotopic (exact) mass is 332 g/mol. The lowest BCUT2D eigenvalue weighted by Gasteiger charge is -2.43. The zero-order chi connectivity index (χ0) is 16.4. The summed E-state index contributed by atoms with van der Waals surface area (Å²) >= 11 is 0. The molecule has 2 aliphatic rings. The number of carbonyl (C=O) groups excluding carboxylic acids is 1. The van der Waals surface area contributed by atoms with Crippen molar-refractivity contribution in [1.29, 1.82) is 0 Å². The van der Waals surface area contributed by atoms with E-state index in [9.17, 15) is 18.3 Å².